The zero-order valence-electron chi connectivity index (χ0n) is 11.9. The van der Waals surface area contributed by atoms with E-state index in [1.807, 2.05) is 17.5 Å². The number of anilines is 1. The van der Waals surface area contributed by atoms with Crippen LogP contribution in [0.5, 0.6) is 0 Å². The lowest BCUT2D eigenvalue weighted by Gasteiger charge is -2.15. The van der Waals surface area contributed by atoms with Gasteiger partial charge in [0.25, 0.3) is 0 Å². The first kappa shape index (κ1) is 14.5. The third kappa shape index (κ3) is 2.68. The van der Waals surface area contributed by atoms with Crippen LogP contribution in [0.1, 0.15) is 43.5 Å². The van der Waals surface area contributed by atoms with E-state index in [0.29, 0.717) is 11.4 Å². The summed E-state index contributed by atoms with van der Waals surface area (Å²) < 4.78 is 0. The van der Waals surface area contributed by atoms with E-state index in [1.54, 1.807) is 11.3 Å². The minimum absolute atomic E-state index is 0.360. The first-order valence-corrected chi connectivity index (χ1v) is 7.86. The number of aryl methyl sites for hydroxylation is 1. The number of nitrogens with two attached hydrogens (primary N) is 1. The molecular weight excluding hydrogens is 266 g/mol. The van der Waals surface area contributed by atoms with Crippen LogP contribution in [0.15, 0.2) is 17.5 Å². The van der Waals surface area contributed by atoms with Gasteiger partial charge < -0.3 is 5.73 Å². The summed E-state index contributed by atoms with van der Waals surface area (Å²) in [6.07, 6.45) is 4.01. The maximum absolute atomic E-state index is 9.42. The molecule has 0 unspecified atom stereocenters. The Balaban J connectivity index is 2.67. The lowest BCUT2D eigenvalue weighted by atomic mass is 9.95. The highest BCUT2D eigenvalue weighted by atomic mass is 32.1. The Kier molecular flexibility index (Phi) is 4.75. The highest BCUT2D eigenvalue weighted by molar-refractivity contribution is 7.13. The van der Waals surface area contributed by atoms with Crippen LogP contribution in [-0.2, 0) is 12.8 Å². The minimum atomic E-state index is 0.360. The van der Waals surface area contributed by atoms with Gasteiger partial charge >= 0.3 is 0 Å². The second-order valence-corrected chi connectivity index (χ2v) is 5.67. The molecule has 0 saturated heterocycles. The molecule has 0 aliphatic carbocycles. The Morgan fingerprint density at radius 2 is 2.20 bits per heavy atom. The van der Waals surface area contributed by atoms with Crippen molar-refractivity contribution < 1.29 is 0 Å². The number of pyridine rings is 1. The fraction of sp³-hybridized carbons (Fsp3) is 0.375. The fourth-order valence-corrected chi connectivity index (χ4v) is 3.23. The van der Waals surface area contributed by atoms with Crippen molar-refractivity contribution in [2.75, 3.05) is 5.73 Å². The van der Waals surface area contributed by atoms with E-state index in [9.17, 15) is 5.26 Å². The van der Waals surface area contributed by atoms with Crippen molar-refractivity contribution >= 4 is 17.2 Å². The first-order valence-electron chi connectivity index (χ1n) is 6.98. The first-order chi connectivity index (χ1) is 9.72. The van der Waals surface area contributed by atoms with Gasteiger partial charge in [0.15, 0.2) is 0 Å². The number of hydrogen-bond acceptors (Lipinski definition) is 4. The third-order valence-electron chi connectivity index (χ3n) is 3.41. The summed E-state index contributed by atoms with van der Waals surface area (Å²) in [5, 5.41) is 11.4. The normalized spacial score (nSPS) is 10.4. The van der Waals surface area contributed by atoms with Crippen molar-refractivity contribution in [2.24, 2.45) is 0 Å². The van der Waals surface area contributed by atoms with Crippen LogP contribution >= 0.6 is 11.3 Å². The van der Waals surface area contributed by atoms with Gasteiger partial charge in [0, 0.05) is 16.1 Å². The third-order valence-corrected chi connectivity index (χ3v) is 4.30. The van der Waals surface area contributed by atoms with Gasteiger partial charge in [0.2, 0.25) is 0 Å². The summed E-state index contributed by atoms with van der Waals surface area (Å²) in [6, 6.07) is 6.28. The number of nitrogen functional groups attached to an aromatic ring is 1. The Morgan fingerprint density at radius 3 is 2.75 bits per heavy atom. The van der Waals surface area contributed by atoms with Crippen LogP contribution in [0.2, 0.25) is 0 Å². The molecule has 0 atom stereocenters. The number of nitrogens with zero attached hydrogens (tertiary/aromatic N) is 2. The second kappa shape index (κ2) is 6.53. The van der Waals surface area contributed by atoms with Crippen molar-refractivity contribution in [1.29, 1.82) is 5.26 Å². The fourth-order valence-electron chi connectivity index (χ4n) is 2.43. The van der Waals surface area contributed by atoms with Gasteiger partial charge in [0.1, 0.15) is 17.5 Å². The zero-order valence-corrected chi connectivity index (χ0v) is 12.8. The molecular formula is C16H19N3S. The average molecular weight is 285 g/mol. The van der Waals surface area contributed by atoms with Crippen molar-refractivity contribution in [3.05, 3.63) is 34.3 Å². The van der Waals surface area contributed by atoms with Crippen LogP contribution in [0, 0.1) is 11.3 Å². The topological polar surface area (TPSA) is 62.7 Å². The van der Waals surface area contributed by atoms with E-state index in [-0.39, 0.29) is 0 Å². The van der Waals surface area contributed by atoms with Gasteiger partial charge in [-0.3, -0.25) is 0 Å². The molecule has 2 aromatic heterocycles. The van der Waals surface area contributed by atoms with Gasteiger partial charge in [0.05, 0.1) is 0 Å². The van der Waals surface area contributed by atoms with E-state index in [1.165, 1.54) is 5.56 Å². The van der Waals surface area contributed by atoms with Gasteiger partial charge in [-0.05, 0) is 36.3 Å². The van der Waals surface area contributed by atoms with Gasteiger partial charge in [-0.2, -0.15) is 5.26 Å². The predicted molar refractivity (Wildman–Crippen MR) is 84.7 cm³/mol. The summed E-state index contributed by atoms with van der Waals surface area (Å²) in [5.74, 6) is 0.360. The molecule has 0 spiro atoms. The monoisotopic (exact) mass is 285 g/mol. The molecule has 0 fully saturated rings. The highest BCUT2D eigenvalue weighted by Crippen LogP contribution is 2.35. The molecule has 2 rings (SSSR count). The molecule has 3 nitrogen and oxygen atoms in total. The van der Waals surface area contributed by atoms with Crippen molar-refractivity contribution in [1.82, 2.24) is 4.98 Å². The number of rotatable bonds is 5. The molecule has 2 N–H and O–H groups in total. The molecule has 4 heteroatoms. The number of nitriles is 1. The lowest BCUT2D eigenvalue weighted by molar-refractivity contribution is 0.768. The van der Waals surface area contributed by atoms with Crippen LogP contribution in [0.25, 0.3) is 10.4 Å². The Hall–Kier alpha value is -1.86. The zero-order chi connectivity index (χ0) is 14.5. The smallest absolute Gasteiger partial charge is 0.142 e. The van der Waals surface area contributed by atoms with Gasteiger partial charge in [-0.15, -0.1) is 11.3 Å². The molecule has 2 heterocycles. The summed E-state index contributed by atoms with van der Waals surface area (Å²) in [7, 11) is 0. The number of aromatic nitrogens is 1. The minimum Gasteiger partial charge on any atom is -0.383 e. The molecule has 0 bridgehead atoms. The molecule has 0 aromatic carbocycles. The van der Waals surface area contributed by atoms with Crippen molar-refractivity contribution in [2.45, 2.75) is 39.5 Å². The second-order valence-electron chi connectivity index (χ2n) is 4.72. The number of hydrogen-bond donors (Lipinski definition) is 1. The molecule has 0 aliphatic rings. The Bertz CT molecular complexity index is 624. The van der Waals surface area contributed by atoms with Crippen LogP contribution in [0.3, 0.4) is 0 Å². The summed E-state index contributed by atoms with van der Waals surface area (Å²) in [5.41, 5.74) is 9.74. The average Bonchev–Trinajstić information content (AvgIpc) is 2.98. The van der Waals surface area contributed by atoms with Crippen molar-refractivity contribution in [3.8, 4) is 16.5 Å². The maximum Gasteiger partial charge on any atom is 0.142 e. The van der Waals surface area contributed by atoms with Crippen LogP contribution in [-0.4, -0.2) is 4.98 Å². The summed E-state index contributed by atoms with van der Waals surface area (Å²) in [6.45, 7) is 4.28. The number of unbranched alkanes of at least 4 members (excludes halogenated alkanes) is 1. The van der Waals surface area contributed by atoms with Crippen molar-refractivity contribution in [3.63, 3.8) is 0 Å². The predicted octanol–water partition coefficient (Wildman–Crippen LogP) is 4.17. The Morgan fingerprint density at radius 1 is 1.40 bits per heavy atom. The molecule has 0 amide bonds. The summed E-state index contributed by atoms with van der Waals surface area (Å²) >= 11 is 1.64. The van der Waals surface area contributed by atoms with E-state index < -0.39 is 0 Å². The quantitative estimate of drug-likeness (QED) is 0.896. The maximum atomic E-state index is 9.42. The lowest BCUT2D eigenvalue weighted by Crippen LogP contribution is -2.07. The van der Waals surface area contributed by atoms with Gasteiger partial charge in [-0.1, -0.05) is 26.3 Å². The van der Waals surface area contributed by atoms with E-state index in [4.69, 9.17) is 5.73 Å². The molecule has 0 radical (unpaired) electrons. The standard InChI is InChI=1S/C16H19N3S/c1-3-5-7-13-11(4-2)15(14-8-6-9-20-14)12(10-17)16(18)19-13/h6,8-9H,3-5,7H2,1-2H3,(H2,18,19). The van der Waals surface area contributed by atoms with E-state index in [0.717, 1.165) is 41.8 Å². The number of thiophene rings is 1. The molecule has 104 valence electrons. The summed E-state index contributed by atoms with van der Waals surface area (Å²) in [4.78, 5) is 5.58. The van der Waals surface area contributed by atoms with Crippen LogP contribution in [0.4, 0.5) is 5.82 Å². The molecule has 0 saturated carbocycles. The largest absolute Gasteiger partial charge is 0.383 e. The molecule has 20 heavy (non-hydrogen) atoms. The Labute approximate surface area is 124 Å². The van der Waals surface area contributed by atoms with E-state index >= 15 is 0 Å². The van der Waals surface area contributed by atoms with Crippen LogP contribution < -0.4 is 5.73 Å². The SMILES string of the molecule is CCCCc1nc(N)c(C#N)c(-c2cccs2)c1CC. The molecule has 0 aliphatic heterocycles. The molecule has 2 aromatic rings. The van der Waals surface area contributed by atoms with Gasteiger partial charge in [-0.25, -0.2) is 4.98 Å². The van der Waals surface area contributed by atoms with E-state index in [2.05, 4.69) is 24.9 Å². The highest BCUT2D eigenvalue weighted by Gasteiger charge is 2.19.